The number of likely N-dealkylation sites (N-methyl/N-ethyl adjacent to an activating group) is 1. The maximum absolute atomic E-state index is 6.17. The number of hydrogen-bond acceptors (Lipinski definition) is 3. The molecular weight excluding hydrogens is 314 g/mol. The van der Waals surface area contributed by atoms with Crippen LogP contribution in [0.4, 0.5) is 5.69 Å². The van der Waals surface area contributed by atoms with Crippen molar-refractivity contribution in [2.45, 2.75) is 38.8 Å². The fraction of sp³-hybridized carbons (Fsp3) is 0.625. The van der Waals surface area contributed by atoms with Gasteiger partial charge in [-0.25, -0.2) is 0 Å². The Morgan fingerprint density at radius 3 is 2.80 bits per heavy atom. The minimum Gasteiger partial charge on any atom is -0.366 e. The standard InChI is InChI=1S/C16H26BrN3/c1-4-15(18)10-13-9-14(17)5-6-16(13)20-8-7-19(3)11-12(20)2/h5-6,9,12,15H,4,7-8,10-11,18H2,1-3H3. The number of rotatable bonds is 4. The lowest BCUT2D eigenvalue weighted by molar-refractivity contribution is 0.275. The Balaban J connectivity index is 2.26. The predicted molar refractivity (Wildman–Crippen MR) is 90.4 cm³/mol. The summed E-state index contributed by atoms with van der Waals surface area (Å²) >= 11 is 3.59. The molecule has 1 aliphatic heterocycles. The first-order valence-electron chi connectivity index (χ1n) is 7.50. The lowest BCUT2D eigenvalue weighted by Gasteiger charge is -2.41. The second-order valence-electron chi connectivity index (χ2n) is 5.95. The van der Waals surface area contributed by atoms with Gasteiger partial charge in [0.1, 0.15) is 0 Å². The molecule has 1 aliphatic rings. The van der Waals surface area contributed by atoms with Crippen LogP contribution in [0.1, 0.15) is 25.8 Å². The van der Waals surface area contributed by atoms with Crippen molar-refractivity contribution in [1.29, 1.82) is 0 Å². The molecule has 2 atom stereocenters. The molecule has 1 saturated heterocycles. The van der Waals surface area contributed by atoms with Crippen LogP contribution in [0.5, 0.6) is 0 Å². The maximum Gasteiger partial charge on any atom is 0.0403 e. The summed E-state index contributed by atoms with van der Waals surface area (Å²) in [6, 6.07) is 7.40. The highest BCUT2D eigenvalue weighted by molar-refractivity contribution is 9.10. The van der Waals surface area contributed by atoms with E-state index in [-0.39, 0.29) is 6.04 Å². The van der Waals surface area contributed by atoms with Gasteiger partial charge in [0.2, 0.25) is 0 Å². The van der Waals surface area contributed by atoms with Gasteiger partial charge < -0.3 is 15.5 Å². The SMILES string of the molecule is CCC(N)Cc1cc(Br)ccc1N1CCN(C)CC1C. The second-order valence-corrected chi connectivity index (χ2v) is 6.87. The van der Waals surface area contributed by atoms with Crippen LogP contribution >= 0.6 is 15.9 Å². The Kier molecular flexibility index (Phi) is 5.47. The monoisotopic (exact) mass is 339 g/mol. The third-order valence-electron chi connectivity index (χ3n) is 4.19. The molecule has 2 N–H and O–H groups in total. The Labute approximate surface area is 131 Å². The van der Waals surface area contributed by atoms with Gasteiger partial charge in [0, 0.05) is 41.9 Å². The van der Waals surface area contributed by atoms with Crippen LogP contribution in [0, 0.1) is 0 Å². The van der Waals surface area contributed by atoms with Crippen LogP contribution in [0.15, 0.2) is 22.7 Å². The molecule has 1 heterocycles. The first kappa shape index (κ1) is 15.8. The van der Waals surface area contributed by atoms with Crippen molar-refractivity contribution in [1.82, 2.24) is 4.90 Å². The molecule has 0 spiro atoms. The van der Waals surface area contributed by atoms with E-state index < -0.39 is 0 Å². The van der Waals surface area contributed by atoms with Crippen LogP contribution in [0.3, 0.4) is 0 Å². The molecule has 2 unspecified atom stereocenters. The van der Waals surface area contributed by atoms with Gasteiger partial charge in [-0.05, 0) is 50.6 Å². The molecule has 1 fully saturated rings. The van der Waals surface area contributed by atoms with Crippen LogP contribution in [-0.4, -0.2) is 43.7 Å². The van der Waals surface area contributed by atoms with E-state index in [9.17, 15) is 0 Å². The Morgan fingerprint density at radius 1 is 1.40 bits per heavy atom. The van der Waals surface area contributed by atoms with Crippen molar-refractivity contribution in [2.75, 3.05) is 31.6 Å². The molecule has 0 bridgehead atoms. The molecule has 20 heavy (non-hydrogen) atoms. The molecular formula is C16H26BrN3. The zero-order valence-corrected chi connectivity index (χ0v) is 14.4. The topological polar surface area (TPSA) is 32.5 Å². The minimum atomic E-state index is 0.242. The molecule has 0 radical (unpaired) electrons. The van der Waals surface area contributed by atoms with Crippen molar-refractivity contribution >= 4 is 21.6 Å². The molecule has 112 valence electrons. The largest absolute Gasteiger partial charge is 0.366 e. The first-order valence-corrected chi connectivity index (χ1v) is 8.29. The van der Waals surface area contributed by atoms with Crippen LogP contribution in [0.25, 0.3) is 0 Å². The summed E-state index contributed by atoms with van der Waals surface area (Å²) in [6.07, 6.45) is 1.97. The average Bonchev–Trinajstić information content (AvgIpc) is 2.40. The van der Waals surface area contributed by atoms with Gasteiger partial charge in [-0.2, -0.15) is 0 Å². The number of piperazine rings is 1. The highest BCUT2D eigenvalue weighted by Crippen LogP contribution is 2.28. The van der Waals surface area contributed by atoms with Gasteiger partial charge in [-0.3, -0.25) is 0 Å². The smallest absolute Gasteiger partial charge is 0.0403 e. The van der Waals surface area contributed by atoms with Crippen molar-refractivity contribution in [3.63, 3.8) is 0 Å². The summed E-state index contributed by atoms with van der Waals surface area (Å²) in [6.45, 7) is 7.80. The number of anilines is 1. The molecule has 3 nitrogen and oxygen atoms in total. The van der Waals surface area contributed by atoms with Gasteiger partial charge in [-0.15, -0.1) is 0 Å². The molecule has 2 rings (SSSR count). The third kappa shape index (κ3) is 3.74. The molecule has 0 amide bonds. The molecule has 0 saturated carbocycles. The average molecular weight is 340 g/mol. The Morgan fingerprint density at radius 2 is 2.15 bits per heavy atom. The van der Waals surface area contributed by atoms with E-state index in [1.807, 2.05) is 0 Å². The number of nitrogens with two attached hydrogens (primary N) is 1. The van der Waals surface area contributed by atoms with E-state index in [1.165, 1.54) is 11.3 Å². The summed E-state index contributed by atoms with van der Waals surface area (Å²) < 4.78 is 1.14. The van der Waals surface area contributed by atoms with Crippen molar-refractivity contribution in [3.05, 3.63) is 28.2 Å². The van der Waals surface area contributed by atoms with Gasteiger partial charge in [0.25, 0.3) is 0 Å². The highest BCUT2D eigenvalue weighted by atomic mass is 79.9. The maximum atomic E-state index is 6.17. The summed E-state index contributed by atoms with van der Waals surface area (Å²) in [7, 11) is 2.20. The minimum absolute atomic E-state index is 0.242. The lowest BCUT2D eigenvalue weighted by Crippen LogP contribution is -2.50. The fourth-order valence-corrected chi connectivity index (χ4v) is 3.33. The number of hydrogen-bond donors (Lipinski definition) is 1. The fourth-order valence-electron chi connectivity index (χ4n) is 2.92. The highest BCUT2D eigenvalue weighted by Gasteiger charge is 2.23. The summed E-state index contributed by atoms with van der Waals surface area (Å²) in [4.78, 5) is 4.93. The summed E-state index contributed by atoms with van der Waals surface area (Å²) in [5.74, 6) is 0. The molecule has 0 aliphatic carbocycles. The van der Waals surface area contributed by atoms with Crippen molar-refractivity contribution < 1.29 is 0 Å². The molecule has 1 aromatic rings. The van der Waals surface area contributed by atoms with E-state index >= 15 is 0 Å². The van der Waals surface area contributed by atoms with Gasteiger partial charge in [0.15, 0.2) is 0 Å². The van der Waals surface area contributed by atoms with E-state index in [2.05, 4.69) is 64.8 Å². The summed E-state index contributed by atoms with van der Waals surface area (Å²) in [5.41, 5.74) is 8.89. The van der Waals surface area contributed by atoms with E-state index in [0.29, 0.717) is 6.04 Å². The number of nitrogens with zero attached hydrogens (tertiary/aromatic N) is 2. The normalized spacial score (nSPS) is 22.1. The van der Waals surface area contributed by atoms with Crippen molar-refractivity contribution in [2.24, 2.45) is 5.73 Å². The Bertz CT molecular complexity index is 449. The van der Waals surface area contributed by atoms with Crippen LogP contribution in [-0.2, 0) is 6.42 Å². The third-order valence-corrected chi connectivity index (χ3v) is 4.68. The number of benzene rings is 1. The Hall–Kier alpha value is -0.580. The zero-order chi connectivity index (χ0) is 14.7. The number of halogens is 1. The van der Waals surface area contributed by atoms with Gasteiger partial charge in [0.05, 0.1) is 0 Å². The van der Waals surface area contributed by atoms with Gasteiger partial charge in [-0.1, -0.05) is 22.9 Å². The summed E-state index contributed by atoms with van der Waals surface area (Å²) in [5, 5.41) is 0. The zero-order valence-electron chi connectivity index (χ0n) is 12.8. The molecule has 0 aromatic heterocycles. The molecule has 1 aromatic carbocycles. The van der Waals surface area contributed by atoms with Crippen LogP contribution in [0.2, 0.25) is 0 Å². The quantitative estimate of drug-likeness (QED) is 0.915. The molecule has 4 heteroatoms. The lowest BCUT2D eigenvalue weighted by atomic mass is 10.0. The predicted octanol–water partition coefficient (Wildman–Crippen LogP) is 2.87. The van der Waals surface area contributed by atoms with Crippen molar-refractivity contribution in [3.8, 4) is 0 Å². The van der Waals surface area contributed by atoms with E-state index in [1.54, 1.807) is 0 Å². The van der Waals surface area contributed by atoms with Crippen LogP contribution < -0.4 is 10.6 Å². The second kappa shape index (κ2) is 6.92. The van der Waals surface area contributed by atoms with E-state index in [0.717, 1.165) is 36.9 Å². The van der Waals surface area contributed by atoms with Gasteiger partial charge >= 0.3 is 0 Å². The first-order chi connectivity index (χ1) is 9.51. The van der Waals surface area contributed by atoms with E-state index in [4.69, 9.17) is 5.73 Å².